The van der Waals surface area contributed by atoms with Crippen molar-refractivity contribution in [3.05, 3.63) is 41.2 Å². The minimum atomic E-state index is -0.0326. The van der Waals surface area contributed by atoms with Crippen LogP contribution in [0.4, 0.5) is 5.13 Å². The van der Waals surface area contributed by atoms with Crippen LogP contribution in [0, 0.1) is 30.1 Å². The molecule has 1 atom stereocenters. The van der Waals surface area contributed by atoms with Crippen molar-refractivity contribution in [3.63, 3.8) is 0 Å². The number of rotatable bonds is 4. The molecule has 1 amide bonds. The normalized spacial score (nSPS) is 33.7. The third kappa shape index (κ3) is 3.64. The standard InChI is InChI=1S/C26H34N4OS/c1-17-3-5-19(6-4-17)12-23-27-25(32-28-23)29-7-8-30(18(2)16-29)24(31)26-13-20-9-21(14-26)11-22(10-20)15-26/h3-6,18,20-22H,7-16H2,1-2H3. The van der Waals surface area contributed by atoms with Crippen LogP contribution < -0.4 is 4.90 Å². The minimum Gasteiger partial charge on any atom is -0.343 e. The highest BCUT2D eigenvalue weighted by molar-refractivity contribution is 7.09. The molecule has 1 saturated heterocycles. The average Bonchev–Trinajstić information content (AvgIpc) is 3.22. The second-order valence-corrected chi connectivity index (χ2v) is 11.9. The molecule has 7 rings (SSSR count). The molecule has 5 aliphatic rings. The van der Waals surface area contributed by atoms with Crippen molar-refractivity contribution in [1.82, 2.24) is 14.3 Å². The van der Waals surface area contributed by atoms with E-state index in [0.29, 0.717) is 5.91 Å². The van der Waals surface area contributed by atoms with Gasteiger partial charge in [-0.25, -0.2) is 4.98 Å². The molecular formula is C26H34N4OS. The number of aryl methyl sites for hydroxylation is 1. The summed E-state index contributed by atoms with van der Waals surface area (Å²) in [5.41, 5.74) is 2.49. The van der Waals surface area contributed by atoms with Crippen LogP contribution in [0.3, 0.4) is 0 Å². The van der Waals surface area contributed by atoms with E-state index in [0.717, 1.165) is 74.0 Å². The first-order valence-corrected chi connectivity index (χ1v) is 13.2. The van der Waals surface area contributed by atoms with Gasteiger partial charge in [0.05, 0.1) is 5.41 Å². The number of aromatic nitrogens is 2. The topological polar surface area (TPSA) is 49.3 Å². The fourth-order valence-corrected chi connectivity index (χ4v) is 8.16. The lowest BCUT2D eigenvalue weighted by Crippen LogP contribution is -2.61. The summed E-state index contributed by atoms with van der Waals surface area (Å²) in [4.78, 5) is 23.2. The van der Waals surface area contributed by atoms with Gasteiger partial charge in [0.15, 0.2) is 0 Å². The SMILES string of the molecule is Cc1ccc(Cc2nsc(N3CCN(C(=O)C45CC6CC(CC(C6)C4)C5)C(C)C3)n2)cc1. The van der Waals surface area contributed by atoms with E-state index in [1.54, 1.807) is 0 Å². The average molecular weight is 451 g/mol. The number of carbonyl (C=O) groups is 1. The summed E-state index contributed by atoms with van der Waals surface area (Å²) in [5.74, 6) is 3.81. The van der Waals surface area contributed by atoms with E-state index in [-0.39, 0.29) is 11.5 Å². The molecule has 32 heavy (non-hydrogen) atoms. The molecule has 170 valence electrons. The summed E-state index contributed by atoms with van der Waals surface area (Å²) in [6.07, 6.45) is 8.40. The van der Waals surface area contributed by atoms with Gasteiger partial charge in [-0.3, -0.25) is 4.79 Å². The zero-order valence-electron chi connectivity index (χ0n) is 19.3. The fourth-order valence-electron chi connectivity index (χ4n) is 7.44. The number of amides is 1. The quantitative estimate of drug-likeness (QED) is 0.678. The molecule has 4 aliphatic carbocycles. The lowest BCUT2D eigenvalue weighted by molar-refractivity contribution is -0.160. The Morgan fingerprint density at radius 3 is 2.34 bits per heavy atom. The summed E-state index contributed by atoms with van der Waals surface area (Å²) in [6, 6.07) is 8.84. The van der Waals surface area contributed by atoms with Gasteiger partial charge >= 0.3 is 0 Å². The molecule has 5 fully saturated rings. The summed E-state index contributed by atoms with van der Waals surface area (Å²) in [5, 5.41) is 1.00. The number of anilines is 1. The Hall–Kier alpha value is -1.95. The van der Waals surface area contributed by atoms with E-state index in [4.69, 9.17) is 4.98 Å². The Morgan fingerprint density at radius 1 is 1.06 bits per heavy atom. The highest BCUT2D eigenvalue weighted by Gasteiger charge is 2.56. The fraction of sp³-hybridized carbons (Fsp3) is 0.654. The predicted molar refractivity (Wildman–Crippen MR) is 128 cm³/mol. The molecule has 2 aromatic rings. The number of benzene rings is 1. The molecule has 0 spiro atoms. The van der Waals surface area contributed by atoms with Crippen LogP contribution in [0.25, 0.3) is 0 Å². The van der Waals surface area contributed by atoms with Gasteiger partial charge < -0.3 is 9.80 Å². The number of hydrogen-bond donors (Lipinski definition) is 0. The molecule has 4 saturated carbocycles. The molecule has 1 aliphatic heterocycles. The summed E-state index contributed by atoms with van der Waals surface area (Å²) >= 11 is 1.50. The third-order valence-corrected chi connectivity index (χ3v) is 9.41. The molecule has 6 heteroatoms. The first kappa shape index (κ1) is 20.6. The molecule has 5 nitrogen and oxygen atoms in total. The van der Waals surface area contributed by atoms with Crippen LogP contribution in [-0.4, -0.2) is 45.8 Å². The monoisotopic (exact) mass is 450 g/mol. The summed E-state index contributed by atoms with van der Waals surface area (Å²) in [6.45, 7) is 6.87. The number of hydrogen-bond acceptors (Lipinski definition) is 5. The predicted octanol–water partition coefficient (Wildman–Crippen LogP) is 4.69. The van der Waals surface area contributed by atoms with Crippen LogP contribution in [0.5, 0.6) is 0 Å². The van der Waals surface area contributed by atoms with Gasteiger partial charge in [0.25, 0.3) is 0 Å². The van der Waals surface area contributed by atoms with Gasteiger partial charge in [0, 0.05) is 43.6 Å². The molecule has 1 aromatic carbocycles. The van der Waals surface area contributed by atoms with Gasteiger partial charge in [-0.15, -0.1) is 0 Å². The molecule has 1 aromatic heterocycles. The molecule has 0 radical (unpaired) electrons. The first-order valence-electron chi connectivity index (χ1n) is 12.4. The van der Waals surface area contributed by atoms with Crippen LogP contribution in [0.1, 0.15) is 62.4 Å². The molecule has 2 heterocycles. The van der Waals surface area contributed by atoms with Gasteiger partial charge in [-0.1, -0.05) is 29.8 Å². The van der Waals surface area contributed by atoms with E-state index in [1.807, 2.05) is 0 Å². The molecule has 0 N–H and O–H groups in total. The highest BCUT2D eigenvalue weighted by Crippen LogP contribution is 2.60. The zero-order valence-corrected chi connectivity index (χ0v) is 20.1. The van der Waals surface area contributed by atoms with E-state index in [1.165, 1.54) is 41.9 Å². The Balaban J connectivity index is 1.11. The minimum absolute atomic E-state index is 0.0326. The van der Waals surface area contributed by atoms with Crippen LogP contribution >= 0.6 is 11.5 Å². The van der Waals surface area contributed by atoms with Crippen molar-refractivity contribution in [2.45, 2.75) is 64.8 Å². The van der Waals surface area contributed by atoms with Gasteiger partial charge in [-0.2, -0.15) is 4.37 Å². The lowest BCUT2D eigenvalue weighted by atomic mass is 9.49. The van der Waals surface area contributed by atoms with Crippen LogP contribution in [-0.2, 0) is 11.2 Å². The van der Waals surface area contributed by atoms with Crippen molar-refractivity contribution in [1.29, 1.82) is 0 Å². The second kappa shape index (κ2) is 7.82. The smallest absolute Gasteiger partial charge is 0.229 e. The summed E-state index contributed by atoms with van der Waals surface area (Å²) < 4.78 is 4.62. The van der Waals surface area contributed by atoms with Crippen molar-refractivity contribution in [3.8, 4) is 0 Å². The second-order valence-electron chi connectivity index (χ2n) is 11.1. The number of carbonyl (C=O) groups excluding carboxylic acids is 1. The molecular weight excluding hydrogens is 416 g/mol. The Morgan fingerprint density at radius 2 is 1.72 bits per heavy atom. The number of piperazine rings is 1. The van der Waals surface area contributed by atoms with Crippen molar-refractivity contribution in [2.75, 3.05) is 24.5 Å². The lowest BCUT2D eigenvalue weighted by Gasteiger charge is -2.57. The van der Waals surface area contributed by atoms with E-state index in [9.17, 15) is 4.79 Å². The summed E-state index contributed by atoms with van der Waals surface area (Å²) in [7, 11) is 0. The Labute approximate surface area is 195 Å². The van der Waals surface area contributed by atoms with Crippen LogP contribution in [0.15, 0.2) is 24.3 Å². The molecule has 4 bridgehead atoms. The highest BCUT2D eigenvalue weighted by atomic mass is 32.1. The van der Waals surface area contributed by atoms with E-state index < -0.39 is 0 Å². The van der Waals surface area contributed by atoms with Crippen molar-refractivity contribution in [2.24, 2.45) is 23.2 Å². The van der Waals surface area contributed by atoms with Crippen molar-refractivity contribution >= 4 is 22.6 Å². The maximum atomic E-state index is 13.8. The maximum Gasteiger partial charge on any atom is 0.229 e. The van der Waals surface area contributed by atoms with Crippen LogP contribution in [0.2, 0.25) is 0 Å². The third-order valence-electron chi connectivity index (χ3n) is 8.59. The first-order chi connectivity index (χ1) is 15.5. The van der Waals surface area contributed by atoms with Gasteiger partial charge in [0.2, 0.25) is 11.0 Å². The maximum absolute atomic E-state index is 13.8. The van der Waals surface area contributed by atoms with E-state index >= 15 is 0 Å². The zero-order chi connectivity index (χ0) is 21.9. The molecule has 1 unspecified atom stereocenters. The number of nitrogens with zero attached hydrogens (tertiary/aromatic N) is 4. The Kier molecular flexibility index (Phi) is 5.05. The van der Waals surface area contributed by atoms with Crippen molar-refractivity contribution < 1.29 is 4.79 Å². The largest absolute Gasteiger partial charge is 0.343 e. The van der Waals surface area contributed by atoms with Gasteiger partial charge in [-0.05, 0) is 75.7 Å². The van der Waals surface area contributed by atoms with Gasteiger partial charge in [0.1, 0.15) is 5.82 Å². The van der Waals surface area contributed by atoms with E-state index in [2.05, 4.69) is 52.3 Å². The Bertz CT molecular complexity index is 964.